The maximum atomic E-state index is 12.8. The third-order valence-electron chi connectivity index (χ3n) is 5.46. The van der Waals surface area contributed by atoms with Crippen molar-refractivity contribution in [3.05, 3.63) is 29.3 Å². The number of methoxy groups -OCH3 is 1. The van der Waals surface area contributed by atoms with Crippen LogP contribution in [0.25, 0.3) is 0 Å². The first-order valence-corrected chi connectivity index (χ1v) is 10.8. The second-order valence-corrected chi connectivity index (χ2v) is 10.5. The molecule has 1 fully saturated rings. The van der Waals surface area contributed by atoms with Crippen molar-refractivity contribution in [3.63, 3.8) is 0 Å². The minimum atomic E-state index is -5.08. The van der Waals surface area contributed by atoms with Crippen molar-refractivity contribution < 1.29 is 32.4 Å². The van der Waals surface area contributed by atoms with Gasteiger partial charge in [-0.2, -0.15) is 13.2 Å². The summed E-state index contributed by atoms with van der Waals surface area (Å²) in [5.41, 5.74) is 2.70. The lowest BCUT2D eigenvalue weighted by atomic mass is 9.73. The Morgan fingerprint density at radius 1 is 1.30 bits per heavy atom. The number of carboxylic acids is 1. The Balaban J connectivity index is 0.000000396. The summed E-state index contributed by atoms with van der Waals surface area (Å²) in [7, 11) is 1.73. The first kappa shape index (κ1) is 24.8. The SMILES string of the molecule is COc1cccc2c1CC1(CCNCC1)[C@@H]2N[S@@+]([O-])C(C)(C)C.O=C(O)C(F)(F)F. The van der Waals surface area contributed by atoms with E-state index < -0.39 is 23.5 Å². The van der Waals surface area contributed by atoms with E-state index in [2.05, 4.69) is 16.1 Å². The maximum absolute atomic E-state index is 12.8. The normalized spacial score (nSPS) is 21.4. The predicted molar refractivity (Wildman–Crippen MR) is 109 cm³/mol. The highest BCUT2D eigenvalue weighted by molar-refractivity contribution is 7.90. The second kappa shape index (κ2) is 9.33. The van der Waals surface area contributed by atoms with Crippen LogP contribution >= 0.6 is 0 Å². The Morgan fingerprint density at radius 2 is 1.87 bits per heavy atom. The molecule has 0 bridgehead atoms. The van der Waals surface area contributed by atoms with Gasteiger partial charge in [0.25, 0.3) is 0 Å². The highest BCUT2D eigenvalue weighted by atomic mass is 32.2. The number of ether oxygens (including phenoxy) is 1. The number of carboxylic acid groups (broad SMARTS) is 1. The summed E-state index contributed by atoms with van der Waals surface area (Å²) in [4.78, 5) is 8.90. The molecule has 1 aliphatic carbocycles. The zero-order valence-electron chi connectivity index (χ0n) is 17.6. The minimum absolute atomic E-state index is 0.134. The fourth-order valence-corrected chi connectivity index (χ4v) is 4.82. The number of halogens is 3. The number of alkyl halides is 3. The third kappa shape index (κ3) is 5.60. The van der Waals surface area contributed by atoms with Gasteiger partial charge in [-0.1, -0.05) is 12.1 Å². The molecule has 1 heterocycles. The molecule has 6 nitrogen and oxygen atoms in total. The first-order valence-electron chi connectivity index (χ1n) is 9.66. The number of aliphatic carboxylic acids is 1. The maximum Gasteiger partial charge on any atom is 0.490 e. The molecule has 2 aliphatic rings. The van der Waals surface area contributed by atoms with Crippen molar-refractivity contribution in [2.24, 2.45) is 5.41 Å². The Labute approximate surface area is 177 Å². The molecule has 1 aromatic carbocycles. The van der Waals surface area contributed by atoms with Gasteiger partial charge in [-0.05, 0) is 70.3 Å². The fourth-order valence-electron chi connectivity index (χ4n) is 3.88. The molecule has 2 atom stereocenters. The summed E-state index contributed by atoms with van der Waals surface area (Å²) in [6.45, 7) is 8.11. The lowest BCUT2D eigenvalue weighted by Crippen LogP contribution is -2.48. The molecule has 0 saturated carbocycles. The highest BCUT2D eigenvalue weighted by Crippen LogP contribution is 2.53. The Morgan fingerprint density at radius 3 is 2.33 bits per heavy atom. The van der Waals surface area contributed by atoms with Gasteiger partial charge in [0.15, 0.2) is 0 Å². The summed E-state index contributed by atoms with van der Waals surface area (Å²) >= 11 is -1.08. The van der Waals surface area contributed by atoms with Crippen LogP contribution in [0.15, 0.2) is 18.2 Å². The summed E-state index contributed by atoms with van der Waals surface area (Å²) in [6, 6.07) is 6.39. The van der Waals surface area contributed by atoms with Crippen LogP contribution in [0.5, 0.6) is 5.75 Å². The van der Waals surface area contributed by atoms with E-state index in [9.17, 15) is 17.7 Å². The molecule has 1 aliphatic heterocycles. The van der Waals surface area contributed by atoms with Gasteiger partial charge in [0, 0.05) is 16.8 Å². The number of hydrogen-bond acceptors (Lipinski definition) is 5. The highest BCUT2D eigenvalue weighted by Gasteiger charge is 2.50. The van der Waals surface area contributed by atoms with Crippen LogP contribution in [-0.4, -0.2) is 46.8 Å². The number of nitrogens with one attached hydrogen (secondary N) is 2. The van der Waals surface area contributed by atoms with E-state index in [1.165, 1.54) is 11.1 Å². The molecular weight excluding hydrogens is 421 g/mol. The Bertz CT molecular complexity index is 747. The van der Waals surface area contributed by atoms with Gasteiger partial charge in [-0.25, -0.2) is 4.79 Å². The van der Waals surface area contributed by atoms with Crippen molar-refractivity contribution >= 4 is 17.3 Å². The Hall–Kier alpha value is -1.49. The van der Waals surface area contributed by atoms with Crippen LogP contribution in [-0.2, 0) is 22.6 Å². The minimum Gasteiger partial charge on any atom is -0.598 e. The van der Waals surface area contributed by atoms with Crippen molar-refractivity contribution in [1.82, 2.24) is 10.0 Å². The molecule has 0 radical (unpaired) electrons. The van der Waals surface area contributed by atoms with E-state index in [0.717, 1.165) is 38.1 Å². The predicted octanol–water partition coefficient (Wildman–Crippen LogP) is 3.35. The van der Waals surface area contributed by atoms with E-state index in [4.69, 9.17) is 14.6 Å². The molecule has 3 rings (SSSR count). The van der Waals surface area contributed by atoms with Gasteiger partial charge in [0.05, 0.1) is 13.2 Å². The largest absolute Gasteiger partial charge is 0.598 e. The number of rotatable bonds is 3. The molecule has 3 N–H and O–H groups in total. The Kier molecular flexibility index (Phi) is 7.71. The molecule has 30 heavy (non-hydrogen) atoms. The van der Waals surface area contributed by atoms with Gasteiger partial charge >= 0.3 is 12.1 Å². The lowest BCUT2D eigenvalue weighted by molar-refractivity contribution is -0.192. The van der Waals surface area contributed by atoms with Gasteiger partial charge < -0.3 is 19.7 Å². The summed E-state index contributed by atoms with van der Waals surface area (Å²) in [6.07, 6.45) is -1.87. The molecular formula is C20H29F3N2O4S. The summed E-state index contributed by atoms with van der Waals surface area (Å²) in [5, 5.41) is 10.6. The van der Waals surface area contributed by atoms with Crippen LogP contribution in [0.2, 0.25) is 0 Å². The van der Waals surface area contributed by atoms with Crippen LogP contribution in [0, 0.1) is 5.41 Å². The zero-order chi connectivity index (χ0) is 22.7. The van der Waals surface area contributed by atoms with E-state index in [-0.39, 0.29) is 16.2 Å². The van der Waals surface area contributed by atoms with Crippen molar-refractivity contribution in [1.29, 1.82) is 0 Å². The monoisotopic (exact) mass is 450 g/mol. The summed E-state index contributed by atoms with van der Waals surface area (Å²) in [5.74, 6) is -1.79. The van der Waals surface area contributed by atoms with Gasteiger partial charge in [0.1, 0.15) is 10.5 Å². The van der Waals surface area contributed by atoms with Gasteiger partial charge in [-0.15, -0.1) is 4.72 Å². The van der Waals surface area contributed by atoms with Gasteiger partial charge in [-0.3, -0.25) is 0 Å². The van der Waals surface area contributed by atoms with Crippen molar-refractivity contribution in [2.45, 2.75) is 57.0 Å². The van der Waals surface area contributed by atoms with Crippen molar-refractivity contribution in [2.75, 3.05) is 20.2 Å². The average molecular weight is 451 g/mol. The second-order valence-electron chi connectivity index (χ2n) is 8.55. The summed E-state index contributed by atoms with van der Waals surface area (Å²) < 4.78 is 53.3. The first-order chi connectivity index (χ1) is 13.8. The molecule has 0 unspecified atom stereocenters. The van der Waals surface area contributed by atoms with Crippen molar-refractivity contribution in [3.8, 4) is 5.75 Å². The molecule has 0 amide bonds. The fraction of sp³-hybridized carbons (Fsp3) is 0.650. The van der Waals surface area contributed by atoms with Crippen LogP contribution in [0.1, 0.15) is 50.8 Å². The van der Waals surface area contributed by atoms with E-state index in [1.54, 1.807) is 7.11 Å². The smallest absolute Gasteiger partial charge is 0.490 e. The van der Waals surface area contributed by atoms with Crippen LogP contribution in [0.3, 0.4) is 0 Å². The number of fused-ring (bicyclic) bond motifs is 1. The zero-order valence-corrected chi connectivity index (χ0v) is 18.4. The van der Waals surface area contributed by atoms with Crippen LogP contribution in [0.4, 0.5) is 13.2 Å². The lowest BCUT2D eigenvalue weighted by Gasteiger charge is -2.40. The molecule has 1 saturated heterocycles. The van der Waals surface area contributed by atoms with Gasteiger partial charge in [0.2, 0.25) is 0 Å². The quantitative estimate of drug-likeness (QED) is 0.612. The third-order valence-corrected chi connectivity index (χ3v) is 7.03. The molecule has 1 spiro atoms. The standard InChI is InChI=1S/C18H28N2O2S.C2HF3O2/c1-17(2,3)23(21)20-16-13-6-5-7-15(22-4)14(13)12-18(16)8-10-19-11-9-18;3-2(4,5)1(6)7/h5-7,16,19-20H,8-12H2,1-4H3;(H,6,7)/t16-,23+;/m1./s1. The topological polar surface area (TPSA) is 93.6 Å². The molecule has 1 aromatic rings. The van der Waals surface area contributed by atoms with E-state index in [0.29, 0.717) is 0 Å². The average Bonchev–Trinajstić information content (AvgIpc) is 2.94. The molecule has 0 aromatic heterocycles. The number of piperidine rings is 1. The van der Waals surface area contributed by atoms with E-state index >= 15 is 0 Å². The molecule has 170 valence electrons. The number of benzene rings is 1. The van der Waals surface area contributed by atoms with Crippen LogP contribution < -0.4 is 14.8 Å². The van der Waals surface area contributed by atoms with E-state index in [1.807, 2.05) is 32.9 Å². The molecule has 10 heteroatoms. The number of carbonyl (C=O) groups is 1. The number of hydrogen-bond donors (Lipinski definition) is 3.